The summed E-state index contributed by atoms with van der Waals surface area (Å²) in [6.45, 7) is 1.81. The van der Waals surface area contributed by atoms with Crippen LogP contribution in [-0.4, -0.2) is 37.3 Å². The number of carbonyl (C=O) groups excluding carboxylic acids is 1. The molecule has 0 aliphatic heterocycles. The maximum Gasteiger partial charge on any atom is 0.259 e. The Morgan fingerprint density at radius 3 is 2.54 bits per heavy atom. The summed E-state index contributed by atoms with van der Waals surface area (Å²) in [6, 6.07) is 17.2. The topological polar surface area (TPSA) is 115 Å². The van der Waals surface area contributed by atoms with Crippen molar-refractivity contribution in [3.63, 3.8) is 0 Å². The number of amides is 1. The summed E-state index contributed by atoms with van der Waals surface area (Å²) in [6.07, 6.45) is 3.25. The molecule has 0 radical (unpaired) electrons. The zero-order chi connectivity index (χ0) is 24.6. The fraction of sp³-hybridized carbons (Fsp3) is 0.200. The molecule has 0 saturated heterocycles. The fourth-order valence-electron chi connectivity index (χ4n) is 3.63. The van der Waals surface area contributed by atoms with Gasteiger partial charge in [0.15, 0.2) is 5.76 Å². The van der Waals surface area contributed by atoms with Crippen molar-refractivity contribution in [3.05, 3.63) is 78.2 Å². The molecule has 2 aromatic carbocycles. The lowest BCUT2D eigenvalue weighted by atomic mass is 10.2. The number of nitrogens with zero attached hydrogens (tertiary/aromatic N) is 2. The average molecular weight is 493 g/mol. The molecule has 2 N–H and O–H groups in total. The van der Waals surface area contributed by atoms with Crippen molar-refractivity contribution in [1.29, 1.82) is 0 Å². The zero-order valence-corrected chi connectivity index (χ0v) is 20.0. The minimum absolute atomic E-state index is 0.0386. The second-order valence-corrected chi connectivity index (χ2v) is 10.0. The van der Waals surface area contributed by atoms with Crippen LogP contribution in [0.1, 0.15) is 29.0 Å². The predicted molar refractivity (Wildman–Crippen MR) is 130 cm³/mol. The number of methoxy groups -OCH3 is 1. The number of hydrogen-bond acceptors (Lipinski definition) is 6. The number of furan rings is 1. The molecule has 2 aromatic heterocycles. The third-order valence-corrected chi connectivity index (χ3v) is 7.10. The Bertz CT molecular complexity index is 1490. The van der Waals surface area contributed by atoms with Gasteiger partial charge in [-0.3, -0.25) is 4.79 Å². The number of rotatable bonds is 8. The number of para-hydroxylation sites is 1. The number of anilines is 1. The van der Waals surface area contributed by atoms with E-state index >= 15 is 0 Å². The van der Waals surface area contributed by atoms with E-state index in [1.54, 1.807) is 23.0 Å². The van der Waals surface area contributed by atoms with E-state index in [9.17, 15) is 13.2 Å². The highest BCUT2D eigenvalue weighted by Gasteiger charge is 2.29. The molecule has 35 heavy (non-hydrogen) atoms. The number of carbonyl (C=O) groups is 1. The Morgan fingerprint density at radius 1 is 1.11 bits per heavy atom. The van der Waals surface area contributed by atoms with E-state index in [1.165, 1.54) is 25.3 Å². The highest BCUT2D eigenvalue weighted by atomic mass is 32.2. The lowest BCUT2D eigenvalue weighted by molar-refractivity contribution is 0.102. The van der Waals surface area contributed by atoms with Gasteiger partial charge in [0.05, 0.1) is 28.9 Å². The third-order valence-electron chi connectivity index (χ3n) is 5.58. The maximum atomic E-state index is 13.4. The smallest absolute Gasteiger partial charge is 0.259 e. The quantitative estimate of drug-likeness (QED) is 0.382. The van der Waals surface area contributed by atoms with Gasteiger partial charge in [-0.25, -0.2) is 17.8 Å². The Morgan fingerprint density at radius 2 is 1.89 bits per heavy atom. The van der Waals surface area contributed by atoms with Crippen LogP contribution in [0.5, 0.6) is 5.75 Å². The van der Waals surface area contributed by atoms with Gasteiger partial charge in [0, 0.05) is 12.2 Å². The van der Waals surface area contributed by atoms with E-state index in [0.717, 1.165) is 18.5 Å². The van der Waals surface area contributed by atoms with Crippen molar-refractivity contribution in [2.45, 2.75) is 30.7 Å². The number of aryl methyl sites for hydroxylation is 1. The molecular formula is C25H24N4O5S. The molecule has 10 heteroatoms. The molecule has 9 nitrogen and oxygen atoms in total. The zero-order valence-electron chi connectivity index (χ0n) is 19.2. The van der Waals surface area contributed by atoms with Gasteiger partial charge in [-0.05, 0) is 62.2 Å². The number of ether oxygens (including phenoxy) is 1. The maximum absolute atomic E-state index is 13.4. The molecule has 180 valence electrons. The van der Waals surface area contributed by atoms with E-state index in [1.807, 2.05) is 37.3 Å². The van der Waals surface area contributed by atoms with Crippen molar-refractivity contribution >= 4 is 21.6 Å². The van der Waals surface area contributed by atoms with Crippen molar-refractivity contribution in [3.8, 4) is 22.9 Å². The van der Waals surface area contributed by atoms with E-state index in [2.05, 4.69) is 15.1 Å². The van der Waals surface area contributed by atoms with Gasteiger partial charge < -0.3 is 14.5 Å². The number of aromatic nitrogens is 2. The van der Waals surface area contributed by atoms with Gasteiger partial charge in [0.2, 0.25) is 10.0 Å². The Balaban J connectivity index is 1.52. The molecule has 1 aliphatic carbocycles. The van der Waals surface area contributed by atoms with Crippen molar-refractivity contribution < 1.29 is 22.4 Å². The third kappa shape index (κ3) is 4.84. The lowest BCUT2D eigenvalue weighted by Gasteiger charge is -2.13. The molecule has 5 rings (SSSR count). The van der Waals surface area contributed by atoms with E-state index in [-0.39, 0.29) is 22.2 Å². The normalized spacial score (nSPS) is 13.5. The Kier molecular flexibility index (Phi) is 5.91. The van der Waals surface area contributed by atoms with Crippen LogP contribution >= 0.6 is 0 Å². The first-order chi connectivity index (χ1) is 16.8. The van der Waals surface area contributed by atoms with Crippen LogP contribution < -0.4 is 14.8 Å². The highest BCUT2D eigenvalue weighted by molar-refractivity contribution is 7.89. The summed E-state index contributed by atoms with van der Waals surface area (Å²) < 4.78 is 40.8. The van der Waals surface area contributed by atoms with Gasteiger partial charge >= 0.3 is 0 Å². The molecular weight excluding hydrogens is 468 g/mol. The summed E-state index contributed by atoms with van der Waals surface area (Å²) in [5, 5.41) is 7.38. The summed E-state index contributed by atoms with van der Waals surface area (Å²) in [7, 11) is -2.26. The van der Waals surface area contributed by atoms with E-state index in [0.29, 0.717) is 23.0 Å². The summed E-state index contributed by atoms with van der Waals surface area (Å²) in [4.78, 5) is 13.5. The monoisotopic (exact) mass is 492 g/mol. The van der Waals surface area contributed by atoms with Gasteiger partial charge in [0.1, 0.15) is 17.2 Å². The van der Waals surface area contributed by atoms with Crippen LogP contribution in [0.15, 0.2) is 76.2 Å². The van der Waals surface area contributed by atoms with Gasteiger partial charge in [-0.15, -0.1) is 0 Å². The van der Waals surface area contributed by atoms with Crippen LogP contribution in [0.2, 0.25) is 0 Å². The van der Waals surface area contributed by atoms with Gasteiger partial charge in [0.25, 0.3) is 5.91 Å². The van der Waals surface area contributed by atoms with Crippen molar-refractivity contribution in [1.82, 2.24) is 14.5 Å². The molecule has 0 atom stereocenters. The standard InChI is InChI=1S/C25H24N4O5S/c1-16-8-12-23(34-16)24-20(15-29(27-24)18-6-4-3-5-7-18)25(30)26-21-14-19(11-13-22(21)33-2)35(31,32)28-17-9-10-17/h3-8,11-15,17,28H,9-10H2,1-2H3,(H,26,30). The molecule has 1 fully saturated rings. The first-order valence-corrected chi connectivity index (χ1v) is 12.6. The molecule has 4 aromatic rings. The summed E-state index contributed by atoms with van der Waals surface area (Å²) in [5.74, 6) is 0.969. The molecule has 0 bridgehead atoms. The van der Waals surface area contributed by atoms with Crippen LogP contribution in [0.25, 0.3) is 17.1 Å². The van der Waals surface area contributed by atoms with Gasteiger partial charge in [-0.1, -0.05) is 18.2 Å². The van der Waals surface area contributed by atoms with Crippen molar-refractivity contribution in [2.75, 3.05) is 12.4 Å². The number of hydrogen-bond donors (Lipinski definition) is 2. The first kappa shape index (κ1) is 22.9. The van der Waals surface area contributed by atoms with Crippen LogP contribution in [0.4, 0.5) is 5.69 Å². The molecule has 1 aliphatic rings. The molecule has 2 heterocycles. The minimum Gasteiger partial charge on any atom is -0.495 e. The minimum atomic E-state index is -3.71. The second kappa shape index (κ2) is 9.05. The molecule has 1 saturated carbocycles. The van der Waals surface area contributed by atoms with Crippen LogP contribution in [0, 0.1) is 6.92 Å². The summed E-state index contributed by atoms with van der Waals surface area (Å²) in [5.41, 5.74) is 1.62. The van der Waals surface area contributed by atoms with Crippen LogP contribution in [0.3, 0.4) is 0 Å². The molecule has 0 unspecified atom stereocenters. The number of nitrogens with one attached hydrogen (secondary N) is 2. The lowest BCUT2D eigenvalue weighted by Crippen LogP contribution is -2.26. The predicted octanol–water partition coefficient (Wildman–Crippen LogP) is 4.14. The van der Waals surface area contributed by atoms with Gasteiger partial charge in [-0.2, -0.15) is 5.10 Å². The van der Waals surface area contributed by atoms with E-state index in [4.69, 9.17) is 9.15 Å². The highest BCUT2D eigenvalue weighted by Crippen LogP contribution is 2.31. The molecule has 0 spiro atoms. The number of sulfonamides is 1. The van der Waals surface area contributed by atoms with E-state index < -0.39 is 15.9 Å². The number of benzene rings is 2. The summed E-state index contributed by atoms with van der Waals surface area (Å²) >= 11 is 0. The average Bonchev–Trinajstić information content (AvgIpc) is 3.36. The Labute approximate surface area is 202 Å². The molecule has 1 amide bonds. The SMILES string of the molecule is COc1ccc(S(=O)(=O)NC2CC2)cc1NC(=O)c1cn(-c2ccccc2)nc1-c1ccc(C)o1. The largest absolute Gasteiger partial charge is 0.495 e. The van der Waals surface area contributed by atoms with Crippen LogP contribution in [-0.2, 0) is 10.0 Å². The Hall–Kier alpha value is -3.89. The fourth-order valence-corrected chi connectivity index (χ4v) is 4.96. The second-order valence-electron chi connectivity index (χ2n) is 8.29. The first-order valence-electron chi connectivity index (χ1n) is 11.1. The van der Waals surface area contributed by atoms with Crippen molar-refractivity contribution in [2.24, 2.45) is 0 Å².